The molecule has 0 spiro atoms. The van der Waals surface area contributed by atoms with E-state index in [0.717, 1.165) is 12.8 Å². The molecule has 2 aromatic rings. The average Bonchev–Trinajstić information content (AvgIpc) is 3.24. The summed E-state index contributed by atoms with van der Waals surface area (Å²) in [4.78, 5) is 21.9. The standard InChI is InChI=1S/C21H22ClFN4O3S/c1-10(28)25-13-7-11(8-13)17-16(21(29)30-2)18(14-4-3-12(23)9-15(14)22)27-19(26-17)20-24-5-6-31-20/h3-6,9-11,13,18,25,28H,7-8H2,1-2H3,(H,26,27)/t10?,11?,13?,18-/m1/s1. The molecule has 0 bridgehead atoms. The highest BCUT2D eigenvalue weighted by Crippen LogP contribution is 2.42. The molecule has 2 aliphatic rings. The van der Waals surface area contributed by atoms with Crippen LogP contribution >= 0.6 is 22.9 Å². The number of thiazole rings is 1. The number of aliphatic hydroxyl groups is 1. The molecule has 2 atom stereocenters. The van der Waals surface area contributed by atoms with Crippen molar-refractivity contribution < 1.29 is 19.0 Å². The number of amidine groups is 1. The van der Waals surface area contributed by atoms with Gasteiger partial charge in [0.1, 0.15) is 18.1 Å². The molecule has 31 heavy (non-hydrogen) atoms. The van der Waals surface area contributed by atoms with Gasteiger partial charge >= 0.3 is 5.97 Å². The molecule has 1 aromatic heterocycles. The minimum Gasteiger partial charge on any atom is -0.466 e. The largest absolute Gasteiger partial charge is 0.466 e. The Bertz CT molecular complexity index is 1040. The van der Waals surface area contributed by atoms with Gasteiger partial charge in [-0.2, -0.15) is 0 Å². The number of carbonyl (C=O) groups is 1. The fourth-order valence-corrected chi connectivity index (χ4v) is 4.81. The molecule has 1 aliphatic heterocycles. The zero-order valence-electron chi connectivity index (χ0n) is 16.9. The van der Waals surface area contributed by atoms with Crippen LogP contribution in [0.4, 0.5) is 4.39 Å². The second-order valence-electron chi connectivity index (χ2n) is 7.54. The van der Waals surface area contributed by atoms with Crippen molar-refractivity contribution in [1.82, 2.24) is 15.6 Å². The maximum absolute atomic E-state index is 13.7. The van der Waals surface area contributed by atoms with Crippen LogP contribution in [-0.4, -0.2) is 41.3 Å². The predicted octanol–water partition coefficient (Wildman–Crippen LogP) is 3.16. The number of rotatable bonds is 6. The number of aliphatic imine (C=N–C) groups is 1. The van der Waals surface area contributed by atoms with E-state index in [4.69, 9.17) is 21.3 Å². The third-order valence-electron chi connectivity index (χ3n) is 5.40. The first-order chi connectivity index (χ1) is 14.9. The Morgan fingerprint density at radius 1 is 1.45 bits per heavy atom. The molecule has 2 heterocycles. The maximum atomic E-state index is 13.7. The van der Waals surface area contributed by atoms with Gasteiger partial charge in [-0.05, 0) is 31.9 Å². The van der Waals surface area contributed by atoms with Crippen LogP contribution in [0.3, 0.4) is 0 Å². The molecular weight excluding hydrogens is 443 g/mol. The van der Waals surface area contributed by atoms with Crippen LogP contribution in [-0.2, 0) is 9.53 Å². The van der Waals surface area contributed by atoms with Crippen molar-refractivity contribution in [3.63, 3.8) is 0 Å². The van der Waals surface area contributed by atoms with Crippen LogP contribution in [0, 0.1) is 11.7 Å². The molecule has 164 valence electrons. The zero-order valence-corrected chi connectivity index (χ0v) is 18.5. The quantitative estimate of drug-likeness (QED) is 0.449. The first kappa shape index (κ1) is 21.9. The molecule has 1 saturated carbocycles. The van der Waals surface area contributed by atoms with Gasteiger partial charge in [0.2, 0.25) is 0 Å². The smallest absolute Gasteiger partial charge is 0.338 e. The number of hydrogen-bond acceptors (Lipinski definition) is 8. The Morgan fingerprint density at radius 3 is 2.84 bits per heavy atom. The van der Waals surface area contributed by atoms with Crippen molar-refractivity contribution in [3.05, 3.63) is 62.5 Å². The van der Waals surface area contributed by atoms with Crippen molar-refractivity contribution in [2.45, 2.75) is 38.1 Å². The van der Waals surface area contributed by atoms with Gasteiger partial charge < -0.3 is 15.2 Å². The maximum Gasteiger partial charge on any atom is 0.338 e. The van der Waals surface area contributed by atoms with Gasteiger partial charge in [-0.1, -0.05) is 17.7 Å². The van der Waals surface area contributed by atoms with E-state index >= 15 is 0 Å². The lowest BCUT2D eigenvalue weighted by molar-refractivity contribution is -0.136. The van der Waals surface area contributed by atoms with E-state index < -0.39 is 24.1 Å². The summed E-state index contributed by atoms with van der Waals surface area (Å²) in [5.41, 5.74) is 1.55. The molecule has 3 N–H and O–H groups in total. The monoisotopic (exact) mass is 464 g/mol. The summed E-state index contributed by atoms with van der Waals surface area (Å²) in [6.07, 6.45) is 2.51. The minimum absolute atomic E-state index is 0.0255. The molecule has 0 amide bonds. The van der Waals surface area contributed by atoms with Gasteiger partial charge in [0.15, 0.2) is 10.8 Å². The number of nitrogens with zero attached hydrogens (tertiary/aromatic N) is 2. The van der Waals surface area contributed by atoms with Crippen LogP contribution in [0.5, 0.6) is 0 Å². The van der Waals surface area contributed by atoms with Crippen LogP contribution in [0.2, 0.25) is 5.02 Å². The minimum atomic E-state index is -0.764. The summed E-state index contributed by atoms with van der Waals surface area (Å²) < 4.78 is 18.8. The number of carbonyl (C=O) groups excluding carboxylic acids is 1. The molecule has 4 rings (SSSR count). The number of methoxy groups -OCH3 is 1. The highest BCUT2D eigenvalue weighted by Gasteiger charge is 2.41. The fraction of sp³-hybridized carbons (Fsp3) is 0.381. The van der Waals surface area contributed by atoms with Gasteiger partial charge in [-0.3, -0.25) is 10.3 Å². The highest BCUT2D eigenvalue weighted by molar-refractivity contribution is 7.11. The Labute approximate surface area is 188 Å². The molecule has 1 aliphatic carbocycles. The zero-order chi connectivity index (χ0) is 22.1. The normalized spacial score (nSPS) is 24.2. The Hall–Kier alpha value is -2.33. The van der Waals surface area contributed by atoms with Crippen molar-refractivity contribution >= 4 is 34.7 Å². The van der Waals surface area contributed by atoms with E-state index in [1.807, 2.05) is 5.38 Å². The Morgan fingerprint density at radius 2 is 2.23 bits per heavy atom. The lowest BCUT2D eigenvalue weighted by atomic mass is 9.75. The lowest BCUT2D eigenvalue weighted by Gasteiger charge is -2.41. The van der Waals surface area contributed by atoms with E-state index in [0.29, 0.717) is 27.7 Å². The first-order valence-electron chi connectivity index (χ1n) is 9.83. The molecule has 1 aromatic carbocycles. The Balaban J connectivity index is 1.78. The molecule has 10 heteroatoms. The highest BCUT2D eigenvalue weighted by atomic mass is 35.5. The summed E-state index contributed by atoms with van der Waals surface area (Å²) in [7, 11) is 1.31. The second kappa shape index (κ2) is 9.04. The number of halogens is 2. The second-order valence-corrected chi connectivity index (χ2v) is 8.84. The van der Waals surface area contributed by atoms with E-state index in [1.165, 1.54) is 36.6 Å². The van der Waals surface area contributed by atoms with E-state index in [1.54, 1.807) is 13.1 Å². The topological polar surface area (TPSA) is 95.8 Å². The first-order valence-corrected chi connectivity index (χ1v) is 11.1. The van der Waals surface area contributed by atoms with Gasteiger partial charge in [0, 0.05) is 39.8 Å². The van der Waals surface area contributed by atoms with Crippen LogP contribution in [0.1, 0.15) is 36.4 Å². The third kappa shape index (κ3) is 4.50. The number of nitrogens with one attached hydrogen (secondary N) is 2. The fourth-order valence-electron chi connectivity index (χ4n) is 3.95. The third-order valence-corrected chi connectivity index (χ3v) is 6.50. The number of aliphatic hydroxyl groups excluding tert-OH is 1. The molecular formula is C21H22ClFN4O3S. The Kier molecular flexibility index (Phi) is 6.38. The van der Waals surface area contributed by atoms with Gasteiger partial charge in [0.25, 0.3) is 0 Å². The van der Waals surface area contributed by atoms with Crippen molar-refractivity contribution in [3.8, 4) is 0 Å². The summed E-state index contributed by atoms with van der Waals surface area (Å²) in [6.45, 7) is 1.67. The van der Waals surface area contributed by atoms with E-state index in [9.17, 15) is 14.3 Å². The number of benzene rings is 1. The summed E-state index contributed by atoms with van der Waals surface area (Å²) in [5, 5.41) is 18.7. The molecule has 7 nitrogen and oxygen atoms in total. The predicted molar refractivity (Wildman–Crippen MR) is 116 cm³/mol. The number of aromatic nitrogens is 1. The SMILES string of the molecule is COC(=O)C1=C(C2CC(NC(C)O)C2)NC(c2nccs2)=N[C@@H]1c1ccc(F)cc1Cl. The van der Waals surface area contributed by atoms with E-state index in [2.05, 4.69) is 15.6 Å². The van der Waals surface area contributed by atoms with Crippen LogP contribution in [0.15, 0.2) is 46.0 Å². The average molecular weight is 465 g/mol. The number of hydrogen-bond donors (Lipinski definition) is 3. The lowest BCUT2D eigenvalue weighted by Crippen LogP contribution is -2.49. The number of allylic oxidation sites excluding steroid dienone is 1. The molecule has 1 fully saturated rings. The van der Waals surface area contributed by atoms with Crippen molar-refractivity contribution in [2.75, 3.05) is 7.11 Å². The molecule has 1 unspecified atom stereocenters. The molecule has 0 saturated heterocycles. The number of ether oxygens (including phenoxy) is 1. The summed E-state index contributed by atoms with van der Waals surface area (Å²) >= 11 is 7.76. The van der Waals surface area contributed by atoms with Crippen molar-refractivity contribution in [1.29, 1.82) is 0 Å². The van der Waals surface area contributed by atoms with Gasteiger partial charge in [-0.25, -0.2) is 14.2 Å². The summed E-state index contributed by atoms with van der Waals surface area (Å²) in [6, 6.07) is 3.41. The number of esters is 1. The van der Waals surface area contributed by atoms with Crippen LogP contribution < -0.4 is 10.6 Å². The van der Waals surface area contributed by atoms with Crippen molar-refractivity contribution in [2.24, 2.45) is 10.9 Å². The van der Waals surface area contributed by atoms with Gasteiger partial charge in [-0.15, -0.1) is 11.3 Å². The van der Waals surface area contributed by atoms with Gasteiger partial charge in [0.05, 0.1) is 12.7 Å². The van der Waals surface area contributed by atoms with Crippen LogP contribution in [0.25, 0.3) is 0 Å². The van der Waals surface area contributed by atoms with E-state index in [-0.39, 0.29) is 17.0 Å². The molecule has 0 radical (unpaired) electrons. The summed E-state index contributed by atoms with van der Waals surface area (Å²) in [5.74, 6) is -0.448.